The lowest BCUT2D eigenvalue weighted by atomic mass is 9.86. The van der Waals surface area contributed by atoms with Gasteiger partial charge in [0.1, 0.15) is 0 Å². The average Bonchev–Trinajstić information content (AvgIpc) is 2.76. The lowest BCUT2D eigenvalue weighted by Gasteiger charge is -2.19. The molecule has 3 rings (SSSR count). The van der Waals surface area contributed by atoms with Crippen LogP contribution in [0.2, 0.25) is 0 Å². The molecule has 0 spiro atoms. The maximum atomic E-state index is 12.9. The van der Waals surface area contributed by atoms with E-state index < -0.39 is 0 Å². The summed E-state index contributed by atoms with van der Waals surface area (Å²) in [5.74, 6) is 0.914. The van der Waals surface area contributed by atoms with Crippen molar-refractivity contribution in [3.05, 3.63) is 95.6 Å². The van der Waals surface area contributed by atoms with Crippen molar-refractivity contribution in [3.8, 4) is 0 Å². The number of thioether (sulfide) groups is 1. The van der Waals surface area contributed by atoms with Crippen molar-refractivity contribution >= 4 is 40.6 Å². The van der Waals surface area contributed by atoms with Crippen molar-refractivity contribution in [3.63, 3.8) is 0 Å². The number of hydrogen-bond donors (Lipinski definition) is 2. The molecule has 0 saturated carbocycles. The summed E-state index contributed by atoms with van der Waals surface area (Å²) in [6, 6.07) is 25.6. The van der Waals surface area contributed by atoms with Crippen LogP contribution in [0.4, 0.5) is 5.69 Å². The molecule has 0 atom stereocenters. The highest BCUT2D eigenvalue weighted by Gasteiger charge is 2.15. The minimum Gasteiger partial charge on any atom is -0.362 e. The summed E-state index contributed by atoms with van der Waals surface area (Å²) in [5, 5.41) is 6.94. The van der Waals surface area contributed by atoms with Crippen molar-refractivity contribution in [2.24, 2.45) is 0 Å². The Hall–Kier alpha value is -2.63. The first kappa shape index (κ1) is 23.0. The number of benzene rings is 3. The van der Waals surface area contributed by atoms with E-state index in [0.29, 0.717) is 16.2 Å². The van der Waals surface area contributed by atoms with Gasteiger partial charge in [-0.05, 0) is 47.5 Å². The van der Waals surface area contributed by atoms with Crippen LogP contribution in [0.15, 0.2) is 83.8 Å². The molecule has 3 aromatic carbocycles. The number of carbonyl (C=O) groups is 1. The highest BCUT2D eigenvalue weighted by Crippen LogP contribution is 2.23. The molecule has 2 N–H and O–H groups in total. The SMILES string of the molecule is CC(C)(C)c1ccc(C(=O)c2cccc(NC(=S)NCCSc3ccccc3)c2)cc1. The van der Waals surface area contributed by atoms with Gasteiger partial charge in [-0.25, -0.2) is 0 Å². The molecule has 0 aliphatic carbocycles. The molecule has 0 heterocycles. The maximum Gasteiger partial charge on any atom is 0.193 e. The van der Waals surface area contributed by atoms with Gasteiger partial charge in [0.2, 0.25) is 0 Å². The Bertz CT molecular complexity index is 1030. The van der Waals surface area contributed by atoms with Crippen molar-refractivity contribution in [2.75, 3.05) is 17.6 Å². The van der Waals surface area contributed by atoms with Gasteiger partial charge in [-0.3, -0.25) is 4.79 Å². The van der Waals surface area contributed by atoms with Crippen LogP contribution < -0.4 is 10.6 Å². The lowest BCUT2D eigenvalue weighted by Crippen LogP contribution is -2.30. The third kappa shape index (κ3) is 6.94. The van der Waals surface area contributed by atoms with Gasteiger partial charge in [0.15, 0.2) is 10.9 Å². The van der Waals surface area contributed by atoms with E-state index in [9.17, 15) is 4.79 Å². The number of thiocarbonyl (C=S) groups is 1. The number of nitrogens with one attached hydrogen (secondary N) is 2. The van der Waals surface area contributed by atoms with Crippen LogP contribution in [0.5, 0.6) is 0 Å². The highest BCUT2D eigenvalue weighted by atomic mass is 32.2. The number of hydrogen-bond acceptors (Lipinski definition) is 3. The number of carbonyl (C=O) groups excluding carboxylic acids is 1. The molecule has 3 aromatic rings. The first-order valence-corrected chi connectivity index (χ1v) is 11.7. The van der Waals surface area contributed by atoms with Gasteiger partial charge < -0.3 is 10.6 Å². The predicted octanol–water partition coefficient (Wildman–Crippen LogP) is 6.29. The molecular formula is C26H28N2OS2. The van der Waals surface area contributed by atoms with E-state index in [2.05, 4.69) is 43.5 Å². The Kier molecular flexibility index (Phi) is 7.88. The second kappa shape index (κ2) is 10.6. The van der Waals surface area contributed by atoms with Gasteiger partial charge in [0, 0.05) is 34.0 Å². The summed E-state index contributed by atoms with van der Waals surface area (Å²) in [4.78, 5) is 14.2. The minimum absolute atomic E-state index is 0.00208. The van der Waals surface area contributed by atoms with Crippen molar-refractivity contribution in [1.82, 2.24) is 5.32 Å². The molecule has 0 unspecified atom stereocenters. The zero-order valence-corrected chi connectivity index (χ0v) is 19.8. The highest BCUT2D eigenvalue weighted by molar-refractivity contribution is 7.99. The van der Waals surface area contributed by atoms with E-state index in [-0.39, 0.29) is 11.2 Å². The number of rotatable bonds is 7. The van der Waals surface area contributed by atoms with Gasteiger partial charge in [0.05, 0.1) is 0 Å². The van der Waals surface area contributed by atoms with E-state index in [0.717, 1.165) is 18.0 Å². The molecule has 0 amide bonds. The fraction of sp³-hybridized carbons (Fsp3) is 0.231. The summed E-state index contributed by atoms with van der Waals surface area (Å²) >= 11 is 7.18. The van der Waals surface area contributed by atoms with Gasteiger partial charge in [-0.2, -0.15) is 0 Å². The van der Waals surface area contributed by atoms with E-state index in [1.165, 1.54) is 10.5 Å². The van der Waals surface area contributed by atoms with E-state index in [4.69, 9.17) is 12.2 Å². The molecule has 0 fully saturated rings. The number of ketones is 1. The van der Waals surface area contributed by atoms with Crippen molar-refractivity contribution in [2.45, 2.75) is 31.1 Å². The largest absolute Gasteiger partial charge is 0.362 e. The molecular weight excluding hydrogens is 420 g/mol. The van der Waals surface area contributed by atoms with Gasteiger partial charge >= 0.3 is 0 Å². The molecule has 0 bridgehead atoms. The van der Waals surface area contributed by atoms with Crippen molar-refractivity contribution in [1.29, 1.82) is 0 Å². The Labute approximate surface area is 194 Å². The second-order valence-electron chi connectivity index (χ2n) is 8.28. The fourth-order valence-electron chi connectivity index (χ4n) is 3.05. The summed E-state index contributed by atoms with van der Waals surface area (Å²) in [5.41, 5.74) is 3.39. The Balaban J connectivity index is 1.54. The maximum absolute atomic E-state index is 12.9. The molecule has 31 heavy (non-hydrogen) atoms. The summed E-state index contributed by atoms with van der Waals surface area (Å²) in [6.07, 6.45) is 0. The zero-order valence-electron chi connectivity index (χ0n) is 18.1. The molecule has 0 aliphatic rings. The first-order valence-electron chi connectivity index (χ1n) is 10.3. The van der Waals surface area contributed by atoms with Gasteiger partial charge in [-0.1, -0.05) is 75.4 Å². The molecule has 5 heteroatoms. The molecule has 3 nitrogen and oxygen atoms in total. The fourth-order valence-corrected chi connectivity index (χ4v) is 4.06. The standard InChI is InChI=1S/C26H28N2OS2/c1-26(2,3)21-14-12-19(13-15-21)24(29)20-8-7-9-22(18-20)28-25(30)27-16-17-31-23-10-5-4-6-11-23/h4-15,18H,16-17H2,1-3H3,(H2,27,28,30). The Morgan fingerprint density at radius 1 is 0.903 bits per heavy atom. The third-order valence-electron chi connectivity index (χ3n) is 4.80. The van der Waals surface area contributed by atoms with Gasteiger partial charge in [0.25, 0.3) is 0 Å². The minimum atomic E-state index is 0.00208. The molecule has 0 aliphatic heterocycles. The Morgan fingerprint density at radius 2 is 1.61 bits per heavy atom. The normalized spacial score (nSPS) is 11.1. The summed E-state index contributed by atoms with van der Waals surface area (Å²) < 4.78 is 0. The smallest absolute Gasteiger partial charge is 0.193 e. The van der Waals surface area contributed by atoms with Crippen molar-refractivity contribution < 1.29 is 4.79 Å². The van der Waals surface area contributed by atoms with E-state index in [1.54, 1.807) is 11.8 Å². The van der Waals surface area contributed by atoms with Crippen LogP contribution in [-0.4, -0.2) is 23.2 Å². The second-order valence-corrected chi connectivity index (χ2v) is 9.86. The van der Waals surface area contributed by atoms with Crippen LogP contribution in [-0.2, 0) is 5.41 Å². The molecule has 0 radical (unpaired) electrons. The Morgan fingerprint density at radius 3 is 2.29 bits per heavy atom. The molecule has 0 aromatic heterocycles. The van der Waals surface area contributed by atoms with Crippen LogP contribution in [0, 0.1) is 0 Å². The first-order chi connectivity index (χ1) is 14.8. The van der Waals surface area contributed by atoms with E-state index in [1.807, 2.05) is 66.7 Å². The third-order valence-corrected chi connectivity index (χ3v) is 6.06. The zero-order chi connectivity index (χ0) is 22.3. The van der Waals surface area contributed by atoms with Crippen LogP contribution >= 0.6 is 24.0 Å². The van der Waals surface area contributed by atoms with Gasteiger partial charge in [-0.15, -0.1) is 11.8 Å². The number of anilines is 1. The summed E-state index contributed by atoms with van der Waals surface area (Å²) in [6.45, 7) is 7.24. The topological polar surface area (TPSA) is 41.1 Å². The van der Waals surface area contributed by atoms with Crippen LogP contribution in [0.3, 0.4) is 0 Å². The lowest BCUT2D eigenvalue weighted by molar-refractivity contribution is 0.103. The van der Waals surface area contributed by atoms with Crippen LogP contribution in [0.25, 0.3) is 0 Å². The average molecular weight is 449 g/mol. The quantitative estimate of drug-likeness (QED) is 0.192. The van der Waals surface area contributed by atoms with Crippen LogP contribution in [0.1, 0.15) is 42.3 Å². The monoisotopic (exact) mass is 448 g/mol. The van der Waals surface area contributed by atoms with E-state index >= 15 is 0 Å². The predicted molar refractivity (Wildman–Crippen MR) is 136 cm³/mol. The molecule has 0 saturated heterocycles. The summed E-state index contributed by atoms with van der Waals surface area (Å²) in [7, 11) is 0. The molecule has 160 valence electrons.